The molecule has 8 heteroatoms. The first-order valence-electron chi connectivity index (χ1n) is 7.62. The number of nitrogens with zero attached hydrogens (tertiary/aromatic N) is 1. The molecule has 0 aliphatic heterocycles. The highest BCUT2D eigenvalue weighted by Crippen LogP contribution is 2.21. The molecule has 1 atom stereocenters. The fraction of sp³-hybridized carbons (Fsp3) is 0.235. The molecule has 2 aromatic rings. The van der Waals surface area contributed by atoms with Gasteiger partial charge in [-0.2, -0.15) is 0 Å². The van der Waals surface area contributed by atoms with Crippen molar-refractivity contribution < 1.29 is 18.7 Å². The van der Waals surface area contributed by atoms with Crippen LogP contribution in [0.1, 0.15) is 13.8 Å². The number of pyridine rings is 1. The van der Waals surface area contributed by atoms with Crippen molar-refractivity contribution in [1.29, 1.82) is 0 Å². The van der Waals surface area contributed by atoms with E-state index in [0.717, 1.165) is 0 Å². The molecule has 25 heavy (non-hydrogen) atoms. The van der Waals surface area contributed by atoms with E-state index >= 15 is 0 Å². The third-order valence-corrected chi connectivity index (χ3v) is 3.02. The summed E-state index contributed by atoms with van der Waals surface area (Å²) in [7, 11) is 0. The zero-order valence-corrected chi connectivity index (χ0v) is 13.9. The number of rotatable bonds is 6. The van der Waals surface area contributed by atoms with Crippen molar-refractivity contribution in [1.82, 2.24) is 10.3 Å². The number of carbonyl (C=O) groups excluding carboxylic acids is 2. The molecule has 0 unspecified atom stereocenters. The van der Waals surface area contributed by atoms with Crippen molar-refractivity contribution in [3.8, 4) is 5.75 Å². The van der Waals surface area contributed by atoms with E-state index in [2.05, 4.69) is 20.9 Å². The van der Waals surface area contributed by atoms with Gasteiger partial charge < -0.3 is 20.7 Å². The number of ether oxygens (including phenoxy) is 1. The summed E-state index contributed by atoms with van der Waals surface area (Å²) in [5.41, 5.74) is 0.750. The molecule has 132 valence electrons. The van der Waals surface area contributed by atoms with Crippen LogP contribution in [0.5, 0.6) is 5.75 Å². The SMILES string of the molecule is CC(=O)NC[C@@H](C)Oc1cc(F)cc(NC(=O)Nc2cccnc2)c1. The molecule has 3 amide bonds. The maximum absolute atomic E-state index is 13.7. The second kappa shape index (κ2) is 8.62. The van der Waals surface area contributed by atoms with Crippen molar-refractivity contribution in [2.45, 2.75) is 20.0 Å². The number of aromatic nitrogens is 1. The molecule has 0 bridgehead atoms. The van der Waals surface area contributed by atoms with Crippen molar-refractivity contribution in [3.63, 3.8) is 0 Å². The summed E-state index contributed by atoms with van der Waals surface area (Å²) in [6.45, 7) is 3.43. The minimum Gasteiger partial charge on any atom is -0.489 e. The number of amides is 3. The summed E-state index contributed by atoms with van der Waals surface area (Å²) < 4.78 is 19.3. The van der Waals surface area contributed by atoms with Crippen LogP contribution in [0.3, 0.4) is 0 Å². The molecule has 0 saturated carbocycles. The first-order valence-corrected chi connectivity index (χ1v) is 7.62. The maximum Gasteiger partial charge on any atom is 0.323 e. The molecule has 0 fully saturated rings. The van der Waals surface area contributed by atoms with E-state index in [0.29, 0.717) is 5.69 Å². The van der Waals surface area contributed by atoms with Gasteiger partial charge in [-0.15, -0.1) is 0 Å². The Hall–Kier alpha value is -3.16. The van der Waals surface area contributed by atoms with Gasteiger partial charge in [0.25, 0.3) is 0 Å². The zero-order valence-electron chi connectivity index (χ0n) is 13.9. The van der Waals surface area contributed by atoms with Crippen molar-refractivity contribution >= 4 is 23.3 Å². The van der Waals surface area contributed by atoms with Gasteiger partial charge in [0.2, 0.25) is 5.91 Å². The van der Waals surface area contributed by atoms with Crippen LogP contribution in [0.4, 0.5) is 20.6 Å². The summed E-state index contributed by atoms with van der Waals surface area (Å²) in [6.07, 6.45) is 2.72. The molecule has 0 spiro atoms. The van der Waals surface area contributed by atoms with E-state index < -0.39 is 11.8 Å². The fourth-order valence-corrected chi connectivity index (χ4v) is 1.99. The Morgan fingerprint density at radius 1 is 1.24 bits per heavy atom. The van der Waals surface area contributed by atoms with Gasteiger partial charge in [-0.3, -0.25) is 9.78 Å². The topological polar surface area (TPSA) is 92.4 Å². The molecule has 0 aliphatic carbocycles. The molecule has 1 aromatic heterocycles. The van der Waals surface area contributed by atoms with Crippen LogP contribution < -0.4 is 20.7 Å². The predicted octanol–water partition coefficient (Wildman–Crippen LogP) is 2.77. The van der Waals surface area contributed by atoms with Gasteiger partial charge >= 0.3 is 6.03 Å². The highest BCUT2D eigenvalue weighted by molar-refractivity contribution is 5.99. The summed E-state index contributed by atoms with van der Waals surface area (Å²) in [5, 5.41) is 7.72. The van der Waals surface area contributed by atoms with E-state index in [4.69, 9.17) is 4.74 Å². The van der Waals surface area contributed by atoms with Gasteiger partial charge in [-0.1, -0.05) is 0 Å². The van der Waals surface area contributed by atoms with Crippen LogP contribution in [0.2, 0.25) is 0 Å². The summed E-state index contributed by atoms with van der Waals surface area (Å²) in [4.78, 5) is 26.7. The molecule has 3 N–H and O–H groups in total. The molecule has 2 rings (SSSR count). The average Bonchev–Trinajstić information content (AvgIpc) is 2.53. The van der Waals surface area contributed by atoms with Crippen LogP contribution in [-0.4, -0.2) is 29.6 Å². The highest BCUT2D eigenvalue weighted by Gasteiger charge is 2.09. The second-order valence-electron chi connectivity index (χ2n) is 5.36. The monoisotopic (exact) mass is 346 g/mol. The molecule has 0 saturated heterocycles. The van der Waals surface area contributed by atoms with Crippen LogP contribution in [0, 0.1) is 5.82 Å². The molecular formula is C17H19FN4O3. The second-order valence-corrected chi connectivity index (χ2v) is 5.36. The van der Waals surface area contributed by atoms with Crippen molar-refractivity contribution in [3.05, 3.63) is 48.5 Å². The van der Waals surface area contributed by atoms with E-state index in [-0.39, 0.29) is 30.0 Å². The predicted molar refractivity (Wildman–Crippen MR) is 92.1 cm³/mol. The number of hydrogen-bond acceptors (Lipinski definition) is 4. The van der Waals surface area contributed by atoms with Crippen LogP contribution >= 0.6 is 0 Å². The number of anilines is 2. The highest BCUT2D eigenvalue weighted by atomic mass is 19.1. The third-order valence-electron chi connectivity index (χ3n) is 3.02. The van der Waals surface area contributed by atoms with Crippen LogP contribution in [0.15, 0.2) is 42.7 Å². The number of halogens is 1. The molecular weight excluding hydrogens is 327 g/mol. The van der Waals surface area contributed by atoms with E-state index in [1.807, 2.05) is 0 Å². The van der Waals surface area contributed by atoms with E-state index in [1.54, 1.807) is 25.3 Å². The smallest absolute Gasteiger partial charge is 0.323 e. The Kier molecular flexibility index (Phi) is 6.27. The fourth-order valence-electron chi connectivity index (χ4n) is 1.99. The van der Waals surface area contributed by atoms with Gasteiger partial charge in [0.1, 0.15) is 17.7 Å². The zero-order chi connectivity index (χ0) is 18.2. The largest absolute Gasteiger partial charge is 0.489 e. The first-order chi connectivity index (χ1) is 11.9. The van der Waals surface area contributed by atoms with Gasteiger partial charge in [-0.25, -0.2) is 9.18 Å². The number of hydrogen-bond donors (Lipinski definition) is 3. The molecule has 0 radical (unpaired) electrons. The molecule has 0 aliphatic rings. The number of carbonyl (C=O) groups is 2. The quantitative estimate of drug-likeness (QED) is 0.750. The lowest BCUT2D eigenvalue weighted by Crippen LogP contribution is -2.32. The maximum atomic E-state index is 13.7. The minimum atomic E-state index is -0.555. The first kappa shape index (κ1) is 18.2. The molecule has 1 heterocycles. The lowest BCUT2D eigenvalue weighted by molar-refractivity contribution is -0.119. The number of nitrogens with one attached hydrogen (secondary N) is 3. The summed E-state index contributed by atoms with van der Waals surface area (Å²) in [5.74, 6) is -0.487. The lowest BCUT2D eigenvalue weighted by atomic mass is 10.3. The summed E-state index contributed by atoms with van der Waals surface area (Å²) in [6, 6.07) is 6.70. The standard InChI is InChI=1S/C17H19FN4O3/c1-11(9-20-12(2)23)25-16-7-13(18)6-15(8-16)22-17(24)21-14-4-3-5-19-10-14/h3-8,10-11H,9H2,1-2H3,(H,20,23)(H2,21,22,24)/t11-/m1/s1. The Morgan fingerprint density at radius 3 is 2.68 bits per heavy atom. The van der Waals surface area contributed by atoms with Gasteiger partial charge in [0.15, 0.2) is 0 Å². The summed E-state index contributed by atoms with van der Waals surface area (Å²) >= 11 is 0. The minimum absolute atomic E-state index is 0.177. The van der Waals surface area contributed by atoms with Gasteiger partial charge in [-0.05, 0) is 25.1 Å². The molecule has 7 nitrogen and oxygen atoms in total. The van der Waals surface area contributed by atoms with Crippen molar-refractivity contribution in [2.75, 3.05) is 17.2 Å². The Labute approximate surface area is 144 Å². The van der Waals surface area contributed by atoms with E-state index in [1.165, 1.54) is 31.3 Å². The van der Waals surface area contributed by atoms with Crippen LogP contribution in [-0.2, 0) is 4.79 Å². The van der Waals surface area contributed by atoms with Gasteiger partial charge in [0.05, 0.1) is 18.4 Å². The third kappa shape index (κ3) is 6.46. The van der Waals surface area contributed by atoms with Crippen molar-refractivity contribution in [2.24, 2.45) is 0 Å². The number of urea groups is 1. The van der Waals surface area contributed by atoms with E-state index in [9.17, 15) is 14.0 Å². The lowest BCUT2D eigenvalue weighted by Gasteiger charge is -2.16. The van der Waals surface area contributed by atoms with Gasteiger partial charge in [0, 0.05) is 30.9 Å². The van der Waals surface area contributed by atoms with Crippen LogP contribution in [0.25, 0.3) is 0 Å². The normalized spacial score (nSPS) is 11.3. The molecule has 1 aromatic carbocycles. The Morgan fingerprint density at radius 2 is 2.00 bits per heavy atom. The average molecular weight is 346 g/mol. The Balaban J connectivity index is 1.98. The Bertz CT molecular complexity index is 740. The number of benzene rings is 1.